The van der Waals surface area contributed by atoms with Gasteiger partial charge in [0.2, 0.25) is 0 Å². The number of carbonyl (C=O) groups is 1. The average molecular weight is 321 g/mol. The maximum absolute atomic E-state index is 11.8. The van der Waals surface area contributed by atoms with Gasteiger partial charge in [-0.25, -0.2) is 9.31 Å². The largest absolute Gasteiger partial charge is 0.463 e. The van der Waals surface area contributed by atoms with Crippen molar-refractivity contribution in [2.45, 2.75) is 19.8 Å². The Balaban J connectivity index is 1.87. The minimum Gasteiger partial charge on any atom is -0.463 e. The summed E-state index contributed by atoms with van der Waals surface area (Å²) >= 11 is 0. The van der Waals surface area contributed by atoms with Crippen molar-refractivity contribution in [3.8, 4) is 11.3 Å². The molecule has 0 spiro atoms. The molecule has 2 aromatic heterocycles. The molecule has 0 atom stereocenters. The Labute approximate surface area is 140 Å². The summed E-state index contributed by atoms with van der Waals surface area (Å²) in [5.74, 6) is -0.328. The predicted molar refractivity (Wildman–Crippen MR) is 93.3 cm³/mol. The molecule has 5 heteroatoms. The molecule has 3 aromatic rings. The highest BCUT2D eigenvalue weighted by atomic mass is 16.5. The predicted octanol–water partition coefficient (Wildman–Crippen LogP) is 3.75. The number of hydrogen-bond donors (Lipinski definition) is 0. The molecule has 0 aliphatic heterocycles. The van der Waals surface area contributed by atoms with Crippen molar-refractivity contribution in [3.63, 3.8) is 0 Å². The maximum atomic E-state index is 11.8. The van der Waals surface area contributed by atoms with Crippen molar-refractivity contribution in [2.24, 2.45) is 0 Å². The number of carbonyl (C=O) groups excluding carboxylic acids is 1. The normalized spacial score (nSPS) is 11.2. The third-order valence-electron chi connectivity index (χ3n) is 3.68. The fourth-order valence-electron chi connectivity index (χ4n) is 2.42. The molecule has 24 heavy (non-hydrogen) atoms. The number of unbranched alkanes of at least 4 members (excludes halogenated alkanes) is 1. The lowest BCUT2D eigenvalue weighted by atomic mass is 10.0. The van der Waals surface area contributed by atoms with Crippen LogP contribution in [0.4, 0.5) is 0 Å². The van der Waals surface area contributed by atoms with Crippen molar-refractivity contribution in [3.05, 3.63) is 60.3 Å². The van der Waals surface area contributed by atoms with Crippen LogP contribution < -0.4 is 0 Å². The van der Waals surface area contributed by atoms with Crippen LogP contribution in [-0.2, 0) is 9.53 Å². The van der Waals surface area contributed by atoms with Crippen LogP contribution in [0.15, 0.2) is 54.7 Å². The van der Waals surface area contributed by atoms with Crippen molar-refractivity contribution in [1.82, 2.24) is 14.8 Å². The average Bonchev–Trinajstić information content (AvgIpc) is 3.04. The molecule has 0 unspecified atom stereocenters. The Morgan fingerprint density at radius 1 is 1.21 bits per heavy atom. The molecule has 0 aliphatic carbocycles. The number of rotatable bonds is 6. The van der Waals surface area contributed by atoms with E-state index in [1.807, 2.05) is 48.7 Å². The van der Waals surface area contributed by atoms with E-state index in [9.17, 15) is 4.79 Å². The van der Waals surface area contributed by atoms with Gasteiger partial charge in [0.1, 0.15) is 5.69 Å². The first-order valence-corrected chi connectivity index (χ1v) is 8.04. The van der Waals surface area contributed by atoms with Crippen LogP contribution >= 0.6 is 0 Å². The van der Waals surface area contributed by atoms with E-state index in [1.54, 1.807) is 10.6 Å². The van der Waals surface area contributed by atoms with Crippen molar-refractivity contribution >= 4 is 17.6 Å². The quantitative estimate of drug-likeness (QED) is 0.394. The first kappa shape index (κ1) is 15.9. The Morgan fingerprint density at radius 3 is 2.92 bits per heavy atom. The van der Waals surface area contributed by atoms with Crippen molar-refractivity contribution in [2.75, 3.05) is 6.61 Å². The zero-order valence-electron chi connectivity index (χ0n) is 13.6. The molecule has 0 aliphatic rings. The fourth-order valence-corrected chi connectivity index (χ4v) is 2.42. The molecular formula is C19H19N3O2. The summed E-state index contributed by atoms with van der Waals surface area (Å²) in [5.41, 5.74) is 3.53. The zero-order valence-corrected chi connectivity index (χ0v) is 13.6. The molecule has 0 saturated carbocycles. The van der Waals surface area contributed by atoms with Crippen LogP contribution in [-0.4, -0.2) is 27.4 Å². The second-order valence-corrected chi connectivity index (χ2v) is 5.41. The third kappa shape index (κ3) is 3.51. The van der Waals surface area contributed by atoms with Crippen LogP contribution in [0.2, 0.25) is 0 Å². The van der Waals surface area contributed by atoms with Crippen LogP contribution in [0.3, 0.4) is 0 Å². The van der Waals surface area contributed by atoms with Crippen LogP contribution in [0.25, 0.3) is 22.9 Å². The van der Waals surface area contributed by atoms with Crippen LogP contribution in [0.5, 0.6) is 0 Å². The van der Waals surface area contributed by atoms with E-state index < -0.39 is 0 Å². The Bertz CT molecular complexity index is 868. The highest BCUT2D eigenvalue weighted by Crippen LogP contribution is 2.26. The van der Waals surface area contributed by atoms with E-state index in [0.717, 1.165) is 35.2 Å². The Kier molecular flexibility index (Phi) is 5.01. The van der Waals surface area contributed by atoms with Gasteiger partial charge in [-0.1, -0.05) is 48.9 Å². The summed E-state index contributed by atoms with van der Waals surface area (Å²) in [6.45, 7) is 2.51. The first-order valence-electron chi connectivity index (χ1n) is 8.04. The SMILES string of the molecule is CCCCOC(=O)/C=C/c1ccccc1-c1nnn2ccccc12. The molecule has 5 nitrogen and oxygen atoms in total. The van der Waals surface area contributed by atoms with Gasteiger partial charge in [0.25, 0.3) is 0 Å². The molecule has 0 saturated heterocycles. The molecule has 0 amide bonds. The Morgan fingerprint density at radius 2 is 2.04 bits per heavy atom. The van der Waals surface area contributed by atoms with Crippen LogP contribution in [0, 0.1) is 0 Å². The highest BCUT2D eigenvalue weighted by molar-refractivity contribution is 5.90. The fraction of sp³-hybridized carbons (Fsp3) is 0.211. The second kappa shape index (κ2) is 7.55. The molecule has 0 radical (unpaired) electrons. The molecule has 122 valence electrons. The van der Waals surface area contributed by atoms with E-state index >= 15 is 0 Å². The second-order valence-electron chi connectivity index (χ2n) is 5.41. The van der Waals surface area contributed by atoms with Crippen molar-refractivity contribution in [1.29, 1.82) is 0 Å². The summed E-state index contributed by atoms with van der Waals surface area (Å²) in [4.78, 5) is 11.8. The number of hydrogen-bond acceptors (Lipinski definition) is 4. The molecule has 0 fully saturated rings. The molecule has 0 bridgehead atoms. The lowest BCUT2D eigenvalue weighted by molar-refractivity contribution is -0.137. The van der Waals surface area contributed by atoms with E-state index in [1.165, 1.54) is 6.08 Å². The van der Waals surface area contributed by atoms with E-state index in [2.05, 4.69) is 17.2 Å². The molecule has 2 heterocycles. The van der Waals surface area contributed by atoms with E-state index in [4.69, 9.17) is 4.74 Å². The molecule has 1 aromatic carbocycles. The minimum absolute atomic E-state index is 0.328. The lowest BCUT2D eigenvalue weighted by Crippen LogP contribution is -2.01. The number of benzene rings is 1. The Hall–Kier alpha value is -2.95. The number of esters is 1. The summed E-state index contributed by atoms with van der Waals surface area (Å²) in [6, 6.07) is 13.6. The van der Waals surface area contributed by atoms with Crippen LogP contribution in [0.1, 0.15) is 25.3 Å². The topological polar surface area (TPSA) is 56.5 Å². The molecule has 3 rings (SSSR count). The molecule has 0 N–H and O–H groups in total. The molecular weight excluding hydrogens is 302 g/mol. The summed E-state index contributed by atoms with van der Waals surface area (Å²) in [6.07, 6.45) is 6.95. The van der Waals surface area contributed by atoms with Gasteiger partial charge in [0.05, 0.1) is 12.1 Å². The maximum Gasteiger partial charge on any atom is 0.330 e. The smallest absolute Gasteiger partial charge is 0.330 e. The van der Waals surface area contributed by atoms with Gasteiger partial charge in [0, 0.05) is 17.8 Å². The van der Waals surface area contributed by atoms with Gasteiger partial charge < -0.3 is 4.74 Å². The number of ether oxygens (including phenoxy) is 1. The van der Waals surface area contributed by atoms with Gasteiger partial charge >= 0.3 is 5.97 Å². The van der Waals surface area contributed by atoms with Gasteiger partial charge in [0.15, 0.2) is 0 Å². The monoisotopic (exact) mass is 321 g/mol. The van der Waals surface area contributed by atoms with Gasteiger partial charge in [-0.3, -0.25) is 0 Å². The minimum atomic E-state index is -0.328. The highest BCUT2D eigenvalue weighted by Gasteiger charge is 2.11. The van der Waals surface area contributed by atoms with E-state index in [0.29, 0.717) is 6.61 Å². The summed E-state index contributed by atoms with van der Waals surface area (Å²) in [7, 11) is 0. The summed E-state index contributed by atoms with van der Waals surface area (Å²) < 4.78 is 6.88. The standard InChI is InChI=1S/C19H19N3O2/c1-2-3-14-24-18(23)12-11-15-8-4-5-9-16(15)19-17-10-6-7-13-22(17)21-20-19/h4-13H,2-3,14H2,1H3/b12-11+. The van der Waals surface area contributed by atoms with Gasteiger partial charge in [-0.2, -0.15) is 0 Å². The van der Waals surface area contributed by atoms with Gasteiger partial charge in [-0.05, 0) is 30.2 Å². The van der Waals surface area contributed by atoms with E-state index in [-0.39, 0.29) is 5.97 Å². The number of aromatic nitrogens is 3. The number of fused-ring (bicyclic) bond motifs is 1. The lowest BCUT2D eigenvalue weighted by Gasteiger charge is -2.03. The summed E-state index contributed by atoms with van der Waals surface area (Å²) in [5, 5.41) is 8.41. The third-order valence-corrected chi connectivity index (χ3v) is 3.68. The zero-order chi connectivity index (χ0) is 16.8. The first-order chi connectivity index (χ1) is 11.8. The van der Waals surface area contributed by atoms with Gasteiger partial charge in [-0.15, -0.1) is 5.10 Å². The number of nitrogens with zero attached hydrogens (tertiary/aromatic N) is 3. The number of pyridine rings is 1. The van der Waals surface area contributed by atoms with Crippen molar-refractivity contribution < 1.29 is 9.53 Å².